The number of sulfonamides is 1. The average molecular weight is 443 g/mol. The van der Waals surface area contributed by atoms with Crippen LogP contribution in [-0.4, -0.2) is 13.4 Å². The first-order valence-electron chi connectivity index (χ1n) is 8.53. The molecule has 8 heteroatoms. The Labute approximate surface area is 176 Å². The van der Waals surface area contributed by atoms with Crippen molar-refractivity contribution in [1.82, 2.24) is 4.98 Å². The molecule has 0 saturated heterocycles. The molecule has 1 aromatic heterocycles. The van der Waals surface area contributed by atoms with E-state index in [1.54, 1.807) is 24.3 Å². The second-order valence-corrected chi connectivity index (χ2v) is 10.0. The lowest BCUT2D eigenvalue weighted by atomic mass is 10.1. The summed E-state index contributed by atoms with van der Waals surface area (Å²) in [6.07, 6.45) is 0. The second kappa shape index (κ2) is 8.08. The number of primary sulfonamides is 1. The smallest absolute Gasteiger partial charge is 0.229 e. The minimum absolute atomic E-state index is 0.0491. The first-order chi connectivity index (χ1) is 13.9. The third kappa shape index (κ3) is 4.56. The molecule has 29 heavy (non-hydrogen) atoms. The van der Waals surface area contributed by atoms with Gasteiger partial charge in [-0.1, -0.05) is 42.1 Å². The molecule has 0 spiro atoms. The van der Waals surface area contributed by atoms with E-state index in [2.05, 4.69) is 0 Å². The summed E-state index contributed by atoms with van der Waals surface area (Å²) in [5.41, 5.74) is 2.32. The number of hydrogen-bond donors (Lipinski definition) is 1. The molecule has 4 rings (SSSR count). The number of nitrogens with two attached hydrogens (primary N) is 1. The van der Waals surface area contributed by atoms with Crippen molar-refractivity contribution in [3.8, 4) is 21.7 Å². The molecule has 0 atom stereocenters. The van der Waals surface area contributed by atoms with E-state index in [1.807, 2.05) is 30.3 Å². The maximum Gasteiger partial charge on any atom is 0.238 e. The molecule has 0 aliphatic heterocycles. The van der Waals surface area contributed by atoms with E-state index < -0.39 is 10.0 Å². The molecule has 3 aromatic carbocycles. The van der Waals surface area contributed by atoms with Crippen molar-refractivity contribution >= 4 is 33.1 Å². The van der Waals surface area contributed by atoms with Gasteiger partial charge in [0.15, 0.2) is 4.34 Å². The molecule has 0 unspecified atom stereocenters. The number of aromatic nitrogens is 1. The van der Waals surface area contributed by atoms with E-state index in [9.17, 15) is 12.8 Å². The zero-order valence-corrected chi connectivity index (χ0v) is 17.4. The van der Waals surface area contributed by atoms with Gasteiger partial charge < -0.3 is 0 Å². The summed E-state index contributed by atoms with van der Waals surface area (Å²) in [4.78, 5) is 6.75. The van der Waals surface area contributed by atoms with E-state index in [0.29, 0.717) is 0 Å². The lowest BCUT2D eigenvalue weighted by Crippen LogP contribution is -2.11. The van der Waals surface area contributed by atoms with Gasteiger partial charge in [0.25, 0.3) is 0 Å². The summed E-state index contributed by atoms with van der Waals surface area (Å²) in [6, 6.07) is 22.4. The lowest BCUT2D eigenvalue weighted by molar-refractivity contribution is 0.598. The van der Waals surface area contributed by atoms with Gasteiger partial charge in [-0.05, 0) is 54.1 Å². The summed E-state index contributed by atoms with van der Waals surface area (Å²) in [6.45, 7) is 0. The van der Waals surface area contributed by atoms with Gasteiger partial charge in [0, 0.05) is 10.5 Å². The van der Waals surface area contributed by atoms with Gasteiger partial charge in [0.05, 0.1) is 15.5 Å². The van der Waals surface area contributed by atoms with E-state index in [0.717, 1.165) is 30.9 Å². The Hall–Kier alpha value is -2.52. The normalized spacial score (nSPS) is 11.5. The number of hydrogen-bond acceptors (Lipinski definition) is 5. The molecule has 4 aromatic rings. The highest BCUT2D eigenvalue weighted by molar-refractivity contribution is 8.01. The Morgan fingerprint density at radius 3 is 2.10 bits per heavy atom. The first kappa shape index (κ1) is 19.8. The van der Waals surface area contributed by atoms with Crippen LogP contribution in [0.2, 0.25) is 0 Å². The van der Waals surface area contributed by atoms with Crippen LogP contribution in [0.3, 0.4) is 0 Å². The Bertz CT molecular complexity index is 1240. The fourth-order valence-electron chi connectivity index (χ4n) is 2.73. The molecular weight excluding hydrogens is 427 g/mol. The van der Waals surface area contributed by atoms with Crippen LogP contribution >= 0.6 is 23.1 Å². The predicted molar refractivity (Wildman–Crippen MR) is 115 cm³/mol. The highest BCUT2D eigenvalue weighted by Gasteiger charge is 2.17. The monoisotopic (exact) mass is 442 g/mol. The molecule has 4 nitrogen and oxygen atoms in total. The SMILES string of the molecule is NS(=O)(=O)c1ccc(-c2sc(Sc3ccccc3)nc2-c2ccc(F)cc2)cc1. The minimum Gasteiger partial charge on any atom is -0.229 e. The summed E-state index contributed by atoms with van der Waals surface area (Å²) in [5.74, 6) is -0.318. The Morgan fingerprint density at radius 1 is 0.862 bits per heavy atom. The van der Waals surface area contributed by atoms with E-state index in [1.165, 1.54) is 47.4 Å². The van der Waals surface area contributed by atoms with Crippen molar-refractivity contribution in [3.05, 3.63) is 84.7 Å². The van der Waals surface area contributed by atoms with E-state index in [-0.39, 0.29) is 10.7 Å². The third-order valence-corrected chi connectivity index (χ3v) is 7.22. The van der Waals surface area contributed by atoms with Crippen LogP contribution in [0, 0.1) is 5.82 Å². The van der Waals surface area contributed by atoms with Gasteiger partial charge in [-0.2, -0.15) is 0 Å². The third-order valence-electron chi connectivity index (χ3n) is 4.12. The van der Waals surface area contributed by atoms with Gasteiger partial charge in [-0.3, -0.25) is 0 Å². The minimum atomic E-state index is -3.76. The highest BCUT2D eigenvalue weighted by atomic mass is 32.2. The summed E-state index contributed by atoms with van der Waals surface area (Å²) in [7, 11) is -3.76. The molecule has 0 fully saturated rings. The molecule has 0 aliphatic rings. The van der Waals surface area contributed by atoms with Gasteiger partial charge in [-0.25, -0.2) is 22.9 Å². The van der Waals surface area contributed by atoms with Gasteiger partial charge >= 0.3 is 0 Å². The Morgan fingerprint density at radius 2 is 1.48 bits per heavy atom. The van der Waals surface area contributed by atoms with Crippen molar-refractivity contribution in [2.75, 3.05) is 0 Å². The molecular formula is C21H15FN2O2S3. The van der Waals surface area contributed by atoms with Crippen LogP contribution in [-0.2, 0) is 10.0 Å². The predicted octanol–water partition coefficient (Wildman–Crippen LogP) is 5.41. The van der Waals surface area contributed by atoms with E-state index in [4.69, 9.17) is 10.1 Å². The molecule has 0 amide bonds. The maximum atomic E-state index is 13.4. The molecule has 2 N–H and O–H groups in total. The quantitative estimate of drug-likeness (QED) is 0.448. The van der Waals surface area contributed by atoms with Crippen LogP contribution < -0.4 is 5.14 Å². The lowest BCUT2D eigenvalue weighted by Gasteiger charge is -2.04. The van der Waals surface area contributed by atoms with Gasteiger partial charge in [0.1, 0.15) is 5.82 Å². The standard InChI is InChI=1S/C21H15FN2O2S3/c22-16-10-6-14(7-11-16)19-20(15-8-12-18(13-9-15)29(23,25)26)28-21(24-19)27-17-4-2-1-3-5-17/h1-13H,(H2,23,25,26). The molecule has 146 valence electrons. The molecule has 1 heterocycles. The molecule has 0 radical (unpaired) electrons. The number of benzene rings is 3. The molecule has 0 saturated carbocycles. The fraction of sp³-hybridized carbons (Fsp3) is 0. The average Bonchev–Trinajstić information content (AvgIpc) is 3.12. The Kier molecular flexibility index (Phi) is 5.51. The van der Waals surface area contributed by atoms with Gasteiger partial charge in [0.2, 0.25) is 10.0 Å². The van der Waals surface area contributed by atoms with Crippen molar-refractivity contribution in [2.45, 2.75) is 14.1 Å². The second-order valence-electron chi connectivity index (χ2n) is 6.15. The van der Waals surface area contributed by atoms with Crippen molar-refractivity contribution in [1.29, 1.82) is 0 Å². The summed E-state index contributed by atoms with van der Waals surface area (Å²) >= 11 is 3.04. The number of rotatable bonds is 5. The number of nitrogens with zero attached hydrogens (tertiary/aromatic N) is 1. The van der Waals surface area contributed by atoms with Crippen LogP contribution in [0.4, 0.5) is 4.39 Å². The zero-order chi connectivity index (χ0) is 20.4. The summed E-state index contributed by atoms with van der Waals surface area (Å²) in [5, 5.41) is 5.19. The Balaban J connectivity index is 1.79. The highest BCUT2D eigenvalue weighted by Crippen LogP contribution is 2.42. The number of thiazole rings is 1. The maximum absolute atomic E-state index is 13.4. The fourth-order valence-corrected chi connectivity index (χ4v) is 5.41. The van der Waals surface area contributed by atoms with Crippen molar-refractivity contribution < 1.29 is 12.8 Å². The topological polar surface area (TPSA) is 73.1 Å². The zero-order valence-electron chi connectivity index (χ0n) is 14.9. The van der Waals surface area contributed by atoms with Crippen molar-refractivity contribution in [3.63, 3.8) is 0 Å². The van der Waals surface area contributed by atoms with Crippen LogP contribution in [0.25, 0.3) is 21.7 Å². The molecule has 0 aliphatic carbocycles. The van der Waals surface area contributed by atoms with Crippen LogP contribution in [0.1, 0.15) is 0 Å². The largest absolute Gasteiger partial charge is 0.238 e. The number of halogens is 1. The summed E-state index contributed by atoms with van der Waals surface area (Å²) < 4.78 is 37.3. The van der Waals surface area contributed by atoms with Crippen molar-refractivity contribution in [2.24, 2.45) is 5.14 Å². The van der Waals surface area contributed by atoms with Crippen LogP contribution in [0.15, 0.2) is 93.0 Å². The first-order valence-corrected chi connectivity index (χ1v) is 11.7. The molecule has 0 bridgehead atoms. The van der Waals surface area contributed by atoms with Crippen LogP contribution in [0.5, 0.6) is 0 Å². The van der Waals surface area contributed by atoms with Gasteiger partial charge in [-0.15, -0.1) is 11.3 Å². The van der Waals surface area contributed by atoms with E-state index >= 15 is 0 Å².